The zero-order chi connectivity index (χ0) is 7.98. The van der Waals surface area contributed by atoms with E-state index in [1.54, 1.807) is 13.0 Å². The van der Waals surface area contributed by atoms with Gasteiger partial charge in [-0.25, -0.2) is 4.79 Å². The molecule has 0 spiro atoms. The van der Waals surface area contributed by atoms with Crippen LogP contribution in [-0.4, -0.2) is 12.0 Å². The number of rotatable bonds is 2. The van der Waals surface area contributed by atoms with Gasteiger partial charge in [-0.05, 0) is 13.3 Å². The average molecular weight is 139 g/mol. The van der Waals surface area contributed by atoms with Crippen LogP contribution in [0.4, 0.5) is 0 Å². The van der Waals surface area contributed by atoms with Crippen LogP contribution in [0.1, 0.15) is 20.3 Å². The molecular weight excluding hydrogens is 130 g/mol. The maximum Gasteiger partial charge on any atom is 0.283 e. The van der Waals surface area contributed by atoms with Gasteiger partial charge in [0, 0.05) is 5.57 Å². The molecule has 0 rings (SSSR count). The summed E-state index contributed by atoms with van der Waals surface area (Å²) in [7, 11) is 0. The van der Waals surface area contributed by atoms with Crippen LogP contribution < -0.4 is 0 Å². The standard InChI is InChI=1S/C7H9NO2/c1-3-4-6(2)7(10)8-5-9/h4H,3H2,1-2H3/b6-4+. The third-order valence-corrected chi connectivity index (χ3v) is 0.995. The first-order chi connectivity index (χ1) is 4.72. The highest BCUT2D eigenvalue weighted by atomic mass is 16.2. The summed E-state index contributed by atoms with van der Waals surface area (Å²) >= 11 is 0. The van der Waals surface area contributed by atoms with E-state index < -0.39 is 5.91 Å². The topological polar surface area (TPSA) is 46.5 Å². The zero-order valence-corrected chi connectivity index (χ0v) is 6.05. The number of carbonyl (C=O) groups excluding carboxylic acids is 2. The monoisotopic (exact) mass is 139 g/mol. The highest BCUT2D eigenvalue weighted by Crippen LogP contribution is 1.96. The Labute approximate surface area is 59.5 Å². The summed E-state index contributed by atoms with van der Waals surface area (Å²) in [6.45, 7) is 3.52. The van der Waals surface area contributed by atoms with Gasteiger partial charge >= 0.3 is 0 Å². The predicted molar refractivity (Wildman–Crippen MR) is 37.2 cm³/mol. The summed E-state index contributed by atoms with van der Waals surface area (Å²) < 4.78 is 0. The molecule has 0 bridgehead atoms. The molecule has 0 N–H and O–H groups in total. The molecule has 0 aliphatic heterocycles. The van der Waals surface area contributed by atoms with Crippen LogP contribution >= 0.6 is 0 Å². The molecule has 0 aromatic rings. The molecule has 3 nitrogen and oxygen atoms in total. The highest BCUT2D eigenvalue weighted by Gasteiger charge is 1.98. The largest absolute Gasteiger partial charge is 0.283 e. The minimum Gasteiger partial charge on any atom is -0.266 e. The fourth-order valence-electron chi connectivity index (χ4n) is 0.523. The van der Waals surface area contributed by atoms with Crippen molar-refractivity contribution in [1.82, 2.24) is 0 Å². The lowest BCUT2D eigenvalue weighted by atomic mass is 10.2. The molecule has 0 aromatic heterocycles. The number of amides is 1. The Balaban J connectivity index is 4.21. The van der Waals surface area contributed by atoms with E-state index >= 15 is 0 Å². The molecule has 0 radical (unpaired) electrons. The van der Waals surface area contributed by atoms with E-state index in [1.165, 1.54) is 6.08 Å². The maximum atomic E-state index is 10.6. The zero-order valence-electron chi connectivity index (χ0n) is 6.05. The van der Waals surface area contributed by atoms with Crippen molar-refractivity contribution in [1.29, 1.82) is 0 Å². The van der Waals surface area contributed by atoms with E-state index in [9.17, 15) is 9.59 Å². The van der Waals surface area contributed by atoms with E-state index in [2.05, 4.69) is 4.99 Å². The molecule has 0 atom stereocenters. The fourth-order valence-corrected chi connectivity index (χ4v) is 0.523. The number of allylic oxidation sites excluding steroid dienone is 1. The third kappa shape index (κ3) is 2.95. The van der Waals surface area contributed by atoms with Crippen LogP contribution in [0.15, 0.2) is 16.6 Å². The summed E-state index contributed by atoms with van der Waals surface area (Å²) in [5.74, 6) is -0.503. The number of aliphatic imine (C=N–C) groups is 1. The molecule has 3 heteroatoms. The lowest BCUT2D eigenvalue weighted by molar-refractivity contribution is -0.114. The molecule has 10 heavy (non-hydrogen) atoms. The number of nitrogens with zero attached hydrogens (tertiary/aromatic N) is 1. The average Bonchev–Trinajstić information content (AvgIpc) is 1.89. The predicted octanol–water partition coefficient (Wildman–Crippen LogP) is 1.21. The molecule has 0 aliphatic carbocycles. The van der Waals surface area contributed by atoms with Crippen molar-refractivity contribution in [3.63, 3.8) is 0 Å². The summed E-state index contributed by atoms with van der Waals surface area (Å²) in [6, 6.07) is 0. The molecule has 0 unspecified atom stereocenters. The van der Waals surface area contributed by atoms with Gasteiger partial charge in [-0.1, -0.05) is 13.0 Å². The van der Waals surface area contributed by atoms with Gasteiger partial charge in [0.15, 0.2) is 0 Å². The van der Waals surface area contributed by atoms with Gasteiger partial charge < -0.3 is 0 Å². The number of hydrogen-bond acceptors (Lipinski definition) is 2. The summed E-state index contributed by atoms with van der Waals surface area (Å²) in [5, 5.41) is 0. The van der Waals surface area contributed by atoms with Crippen LogP contribution in [0.3, 0.4) is 0 Å². The first-order valence-corrected chi connectivity index (χ1v) is 3.01. The molecule has 1 amide bonds. The highest BCUT2D eigenvalue weighted by molar-refractivity contribution is 5.96. The van der Waals surface area contributed by atoms with Gasteiger partial charge in [0.1, 0.15) is 0 Å². The van der Waals surface area contributed by atoms with Gasteiger partial charge in [-0.3, -0.25) is 4.79 Å². The molecule has 0 fully saturated rings. The summed E-state index contributed by atoms with van der Waals surface area (Å²) in [4.78, 5) is 23.2. The van der Waals surface area contributed by atoms with Gasteiger partial charge in [-0.15, -0.1) is 4.99 Å². The first-order valence-electron chi connectivity index (χ1n) is 3.01. The maximum absolute atomic E-state index is 10.6. The van der Waals surface area contributed by atoms with Crippen molar-refractivity contribution in [2.45, 2.75) is 20.3 Å². The Morgan fingerprint density at radius 3 is 2.70 bits per heavy atom. The van der Waals surface area contributed by atoms with Crippen molar-refractivity contribution in [2.24, 2.45) is 4.99 Å². The Bertz CT molecular complexity index is 200. The molecule has 0 aliphatic rings. The van der Waals surface area contributed by atoms with Gasteiger partial charge in [-0.2, -0.15) is 0 Å². The first kappa shape index (κ1) is 8.79. The minimum atomic E-state index is -0.503. The second-order valence-electron chi connectivity index (χ2n) is 1.80. The molecule has 0 saturated heterocycles. The molecule has 0 saturated carbocycles. The molecule has 0 heterocycles. The summed E-state index contributed by atoms with van der Waals surface area (Å²) in [5.41, 5.74) is 0.492. The Morgan fingerprint density at radius 2 is 2.30 bits per heavy atom. The number of hydrogen-bond donors (Lipinski definition) is 0. The van der Waals surface area contributed by atoms with E-state index in [-0.39, 0.29) is 0 Å². The van der Waals surface area contributed by atoms with Crippen molar-refractivity contribution in [3.8, 4) is 0 Å². The van der Waals surface area contributed by atoms with Crippen LogP contribution in [-0.2, 0) is 9.59 Å². The van der Waals surface area contributed by atoms with E-state index in [4.69, 9.17) is 0 Å². The number of carbonyl (C=O) groups is 1. The number of isocyanates is 1. The third-order valence-electron chi connectivity index (χ3n) is 0.995. The Hall–Kier alpha value is -1.21. The second kappa shape index (κ2) is 4.65. The van der Waals surface area contributed by atoms with Crippen molar-refractivity contribution in [2.75, 3.05) is 0 Å². The van der Waals surface area contributed by atoms with Crippen molar-refractivity contribution in [3.05, 3.63) is 11.6 Å². The molecule has 0 aromatic carbocycles. The van der Waals surface area contributed by atoms with Gasteiger partial charge in [0.2, 0.25) is 6.08 Å². The fraction of sp³-hybridized carbons (Fsp3) is 0.429. The Morgan fingerprint density at radius 1 is 1.70 bits per heavy atom. The summed E-state index contributed by atoms with van der Waals surface area (Å²) in [6.07, 6.45) is 3.67. The van der Waals surface area contributed by atoms with E-state index in [0.717, 1.165) is 6.42 Å². The van der Waals surface area contributed by atoms with Crippen LogP contribution in [0.2, 0.25) is 0 Å². The second-order valence-corrected chi connectivity index (χ2v) is 1.80. The minimum absolute atomic E-state index is 0.492. The van der Waals surface area contributed by atoms with Crippen LogP contribution in [0.25, 0.3) is 0 Å². The lowest BCUT2D eigenvalue weighted by Crippen LogP contribution is -1.93. The Kier molecular flexibility index (Phi) is 4.09. The SMILES string of the molecule is CC/C=C(\C)C(=O)N=C=O. The van der Waals surface area contributed by atoms with Gasteiger partial charge in [0.05, 0.1) is 0 Å². The molecular formula is C7H9NO2. The van der Waals surface area contributed by atoms with E-state index in [0.29, 0.717) is 5.57 Å². The van der Waals surface area contributed by atoms with Crippen molar-refractivity contribution >= 4 is 12.0 Å². The van der Waals surface area contributed by atoms with Crippen LogP contribution in [0, 0.1) is 0 Å². The van der Waals surface area contributed by atoms with Crippen LogP contribution in [0.5, 0.6) is 0 Å². The van der Waals surface area contributed by atoms with Gasteiger partial charge in [0.25, 0.3) is 5.91 Å². The molecule has 54 valence electrons. The smallest absolute Gasteiger partial charge is 0.266 e. The normalized spacial score (nSPS) is 10.4. The quantitative estimate of drug-likeness (QED) is 0.328. The lowest BCUT2D eigenvalue weighted by Gasteiger charge is -1.87. The van der Waals surface area contributed by atoms with Crippen molar-refractivity contribution < 1.29 is 9.59 Å². The van der Waals surface area contributed by atoms with E-state index in [1.807, 2.05) is 6.92 Å².